The molecule has 1 aliphatic heterocycles. The maximum absolute atomic E-state index is 12.1. The molecular formula is C16H21F3N2O3. The first-order chi connectivity index (χ1) is 11.4. The van der Waals surface area contributed by atoms with Crippen molar-refractivity contribution in [1.82, 2.24) is 10.2 Å². The van der Waals surface area contributed by atoms with E-state index in [1.807, 2.05) is 0 Å². The summed E-state index contributed by atoms with van der Waals surface area (Å²) in [5.74, 6) is -0.718. The standard InChI is InChI=1S/C16H21F3N2O3/c17-16(18,19)24-14-6-4-12(5-7-14)15(23)20-8-10-21-9-2-1-3-13(21)11-22/h4-7,13,22H,1-3,8-11H2,(H,20,23)/t13-/m0/s1. The molecule has 1 fully saturated rings. The van der Waals surface area contributed by atoms with Gasteiger partial charge in [-0.25, -0.2) is 0 Å². The topological polar surface area (TPSA) is 61.8 Å². The Kier molecular flexibility index (Phi) is 6.44. The smallest absolute Gasteiger partial charge is 0.406 e. The van der Waals surface area contributed by atoms with E-state index in [-0.39, 0.29) is 29.9 Å². The summed E-state index contributed by atoms with van der Waals surface area (Å²) in [6.07, 6.45) is -1.63. The minimum Gasteiger partial charge on any atom is -0.406 e. The first kappa shape index (κ1) is 18.5. The van der Waals surface area contributed by atoms with Gasteiger partial charge in [-0.05, 0) is 43.7 Å². The number of hydrogen-bond donors (Lipinski definition) is 2. The number of rotatable bonds is 6. The third-order valence-corrected chi connectivity index (χ3v) is 3.99. The Hall–Kier alpha value is -1.80. The molecule has 1 amide bonds. The molecule has 1 heterocycles. The maximum Gasteiger partial charge on any atom is 0.573 e. The molecule has 1 aliphatic rings. The Bertz CT molecular complexity index is 534. The van der Waals surface area contributed by atoms with Crippen LogP contribution in [0.4, 0.5) is 13.2 Å². The van der Waals surface area contributed by atoms with Crippen molar-refractivity contribution in [3.05, 3.63) is 29.8 Å². The number of benzene rings is 1. The summed E-state index contributed by atoms with van der Waals surface area (Å²) in [5.41, 5.74) is 0.266. The van der Waals surface area contributed by atoms with Gasteiger partial charge in [0.1, 0.15) is 5.75 Å². The van der Waals surface area contributed by atoms with Crippen LogP contribution < -0.4 is 10.1 Å². The number of hydrogen-bond acceptors (Lipinski definition) is 4. The number of ether oxygens (including phenoxy) is 1. The Balaban J connectivity index is 1.80. The molecule has 0 spiro atoms. The Morgan fingerprint density at radius 3 is 2.62 bits per heavy atom. The van der Waals surface area contributed by atoms with Crippen LogP contribution in [0.15, 0.2) is 24.3 Å². The van der Waals surface area contributed by atoms with E-state index in [0.29, 0.717) is 13.1 Å². The van der Waals surface area contributed by atoms with Gasteiger partial charge >= 0.3 is 6.36 Å². The number of nitrogens with one attached hydrogen (secondary N) is 1. The van der Waals surface area contributed by atoms with Crippen molar-refractivity contribution < 1.29 is 27.8 Å². The monoisotopic (exact) mass is 346 g/mol. The number of halogens is 3. The molecule has 0 unspecified atom stereocenters. The van der Waals surface area contributed by atoms with Crippen LogP contribution in [0.3, 0.4) is 0 Å². The quantitative estimate of drug-likeness (QED) is 0.829. The molecule has 1 aromatic rings. The van der Waals surface area contributed by atoms with E-state index in [2.05, 4.69) is 15.0 Å². The molecule has 2 rings (SSSR count). The van der Waals surface area contributed by atoms with Gasteiger partial charge < -0.3 is 15.2 Å². The van der Waals surface area contributed by atoms with E-state index in [1.54, 1.807) is 0 Å². The fourth-order valence-electron chi connectivity index (χ4n) is 2.78. The molecule has 134 valence electrons. The van der Waals surface area contributed by atoms with E-state index < -0.39 is 6.36 Å². The van der Waals surface area contributed by atoms with Gasteiger partial charge in [-0.3, -0.25) is 9.69 Å². The zero-order valence-corrected chi connectivity index (χ0v) is 13.2. The van der Waals surface area contributed by atoms with Crippen molar-refractivity contribution in [2.45, 2.75) is 31.7 Å². The van der Waals surface area contributed by atoms with Crippen molar-refractivity contribution in [2.75, 3.05) is 26.2 Å². The van der Waals surface area contributed by atoms with E-state index in [9.17, 15) is 23.1 Å². The molecule has 8 heteroatoms. The van der Waals surface area contributed by atoms with Gasteiger partial charge in [0.25, 0.3) is 5.91 Å². The molecule has 0 saturated carbocycles. The Morgan fingerprint density at radius 1 is 1.29 bits per heavy atom. The highest BCUT2D eigenvalue weighted by Crippen LogP contribution is 2.22. The lowest BCUT2D eigenvalue weighted by atomic mass is 10.0. The molecule has 0 radical (unpaired) electrons. The van der Waals surface area contributed by atoms with Crippen molar-refractivity contribution in [3.63, 3.8) is 0 Å². The minimum absolute atomic E-state index is 0.106. The molecule has 0 bridgehead atoms. The first-order valence-electron chi connectivity index (χ1n) is 7.88. The fraction of sp³-hybridized carbons (Fsp3) is 0.562. The highest BCUT2D eigenvalue weighted by Gasteiger charge is 2.31. The van der Waals surface area contributed by atoms with Crippen LogP contribution in [-0.4, -0.2) is 54.6 Å². The van der Waals surface area contributed by atoms with Crippen LogP contribution in [0.1, 0.15) is 29.6 Å². The third-order valence-electron chi connectivity index (χ3n) is 3.99. The molecule has 0 aliphatic carbocycles. The van der Waals surface area contributed by atoms with Gasteiger partial charge in [0.15, 0.2) is 0 Å². The van der Waals surface area contributed by atoms with Gasteiger partial charge in [0, 0.05) is 24.7 Å². The number of piperidine rings is 1. The van der Waals surface area contributed by atoms with Gasteiger partial charge in [0.2, 0.25) is 0 Å². The predicted molar refractivity (Wildman–Crippen MR) is 81.8 cm³/mol. The second-order valence-corrected chi connectivity index (χ2v) is 5.70. The van der Waals surface area contributed by atoms with Crippen LogP contribution >= 0.6 is 0 Å². The summed E-state index contributed by atoms with van der Waals surface area (Å²) >= 11 is 0. The summed E-state index contributed by atoms with van der Waals surface area (Å²) in [7, 11) is 0. The second kappa shape index (κ2) is 8.34. The number of nitrogens with zero attached hydrogens (tertiary/aromatic N) is 1. The number of likely N-dealkylation sites (tertiary alicyclic amines) is 1. The summed E-state index contributed by atoms with van der Waals surface area (Å²) in [5, 5.41) is 12.1. The van der Waals surface area contributed by atoms with E-state index in [1.165, 1.54) is 12.1 Å². The predicted octanol–water partition coefficient (Wildman–Crippen LogP) is 2.16. The molecule has 1 saturated heterocycles. The molecule has 0 aromatic heterocycles. The van der Waals surface area contributed by atoms with Crippen LogP contribution in [0.25, 0.3) is 0 Å². The summed E-state index contributed by atoms with van der Waals surface area (Å²) in [6, 6.07) is 4.92. The SMILES string of the molecule is O=C(NCCN1CCCC[C@H]1CO)c1ccc(OC(F)(F)F)cc1. The molecule has 24 heavy (non-hydrogen) atoms. The number of aliphatic hydroxyl groups is 1. The summed E-state index contributed by atoms with van der Waals surface area (Å²) in [4.78, 5) is 14.1. The average Bonchev–Trinajstić information content (AvgIpc) is 2.54. The lowest BCUT2D eigenvalue weighted by Crippen LogP contribution is -2.45. The van der Waals surface area contributed by atoms with Crippen LogP contribution in [-0.2, 0) is 0 Å². The highest BCUT2D eigenvalue weighted by molar-refractivity contribution is 5.94. The number of aliphatic hydroxyl groups excluding tert-OH is 1. The molecule has 2 N–H and O–H groups in total. The lowest BCUT2D eigenvalue weighted by molar-refractivity contribution is -0.274. The zero-order chi connectivity index (χ0) is 17.6. The van der Waals surface area contributed by atoms with Crippen molar-refractivity contribution in [1.29, 1.82) is 0 Å². The fourth-order valence-corrected chi connectivity index (χ4v) is 2.78. The van der Waals surface area contributed by atoms with Gasteiger partial charge in [-0.1, -0.05) is 6.42 Å². The molecule has 1 aromatic carbocycles. The number of carbonyl (C=O) groups excluding carboxylic acids is 1. The van der Waals surface area contributed by atoms with Gasteiger partial charge in [-0.2, -0.15) is 0 Å². The second-order valence-electron chi connectivity index (χ2n) is 5.70. The van der Waals surface area contributed by atoms with E-state index in [0.717, 1.165) is 37.9 Å². The van der Waals surface area contributed by atoms with E-state index >= 15 is 0 Å². The highest BCUT2D eigenvalue weighted by atomic mass is 19.4. The van der Waals surface area contributed by atoms with Crippen LogP contribution in [0, 0.1) is 0 Å². The summed E-state index contributed by atoms with van der Waals surface area (Å²) < 4.78 is 40.0. The van der Waals surface area contributed by atoms with Gasteiger partial charge in [0.05, 0.1) is 6.61 Å². The normalized spacial score (nSPS) is 19.1. The van der Waals surface area contributed by atoms with E-state index in [4.69, 9.17) is 0 Å². The maximum atomic E-state index is 12.1. The third kappa shape index (κ3) is 5.68. The molecule has 1 atom stereocenters. The average molecular weight is 346 g/mol. The largest absolute Gasteiger partial charge is 0.573 e. The van der Waals surface area contributed by atoms with Crippen molar-refractivity contribution in [3.8, 4) is 5.75 Å². The van der Waals surface area contributed by atoms with Gasteiger partial charge in [-0.15, -0.1) is 13.2 Å². The Morgan fingerprint density at radius 2 is 2.00 bits per heavy atom. The van der Waals surface area contributed by atoms with Crippen molar-refractivity contribution in [2.24, 2.45) is 0 Å². The first-order valence-corrected chi connectivity index (χ1v) is 7.88. The number of carbonyl (C=O) groups is 1. The van der Waals surface area contributed by atoms with Crippen LogP contribution in [0.2, 0.25) is 0 Å². The zero-order valence-electron chi connectivity index (χ0n) is 13.2. The number of alkyl halides is 3. The summed E-state index contributed by atoms with van der Waals surface area (Å²) in [6.45, 7) is 2.04. The van der Waals surface area contributed by atoms with Crippen LogP contribution in [0.5, 0.6) is 5.75 Å². The van der Waals surface area contributed by atoms with Crippen molar-refractivity contribution >= 4 is 5.91 Å². The Labute approximate surface area is 138 Å². The molecule has 5 nitrogen and oxygen atoms in total. The lowest BCUT2D eigenvalue weighted by Gasteiger charge is -2.34. The molecular weight excluding hydrogens is 325 g/mol. The minimum atomic E-state index is -4.75. The number of amides is 1.